The van der Waals surface area contributed by atoms with Crippen molar-refractivity contribution in [3.05, 3.63) is 101 Å². The summed E-state index contributed by atoms with van der Waals surface area (Å²) in [7, 11) is 0. The number of nitrogens with zero attached hydrogens (tertiary/aromatic N) is 2. The molecule has 1 N–H and O–H groups in total. The van der Waals surface area contributed by atoms with Crippen LogP contribution in [-0.2, 0) is 29.0 Å². The highest BCUT2D eigenvalue weighted by molar-refractivity contribution is 6.39. The summed E-state index contributed by atoms with van der Waals surface area (Å²) in [6.07, 6.45) is 6.12. The molecule has 0 spiro atoms. The van der Waals surface area contributed by atoms with Gasteiger partial charge in [0.2, 0.25) is 0 Å². The number of hydrogen-bond acceptors (Lipinski definition) is 4. The van der Waals surface area contributed by atoms with Gasteiger partial charge in [-0.15, -0.1) is 0 Å². The maximum Gasteiger partial charge on any atom is 0.335 e. The molecule has 7 nitrogen and oxygen atoms in total. The Morgan fingerprint density at radius 1 is 0.846 bits per heavy atom. The van der Waals surface area contributed by atoms with Gasteiger partial charge in [-0.3, -0.25) is 14.9 Å². The van der Waals surface area contributed by atoms with E-state index in [0.29, 0.717) is 18.8 Å². The molecule has 4 aromatic rings. The Morgan fingerprint density at radius 2 is 1.51 bits per heavy atom. The number of para-hydroxylation sites is 1. The van der Waals surface area contributed by atoms with Crippen molar-refractivity contribution in [3.8, 4) is 5.75 Å². The molecule has 4 amide bonds. The number of nitrogens with one attached hydrogen (secondary N) is 1. The molecule has 5 rings (SSSR count). The lowest BCUT2D eigenvalue weighted by Crippen LogP contribution is -2.54. The van der Waals surface area contributed by atoms with E-state index in [4.69, 9.17) is 4.74 Å². The largest absolute Gasteiger partial charge is 0.494 e. The highest BCUT2D eigenvalue weighted by atomic mass is 16.5. The minimum absolute atomic E-state index is 0.0871. The summed E-state index contributed by atoms with van der Waals surface area (Å²) in [5, 5.41) is 3.23. The predicted octanol–water partition coefficient (Wildman–Crippen LogP) is 5.90. The number of anilines is 1. The Morgan fingerprint density at radius 3 is 2.21 bits per heavy atom. The molecule has 1 aliphatic rings. The summed E-state index contributed by atoms with van der Waals surface area (Å²) in [5.74, 6) is -0.502. The van der Waals surface area contributed by atoms with Gasteiger partial charge in [-0.05, 0) is 66.8 Å². The molecule has 39 heavy (non-hydrogen) atoms. The standard InChI is InChI=1S/C32H31N3O4/c1-3-22-10-14-25(15-11-22)35-31(37)28(30(36)33-32(35)38)20-24-21-34(29-9-6-5-8-27(24)29)18-7-19-39-26-16-12-23(4-2)13-17-26/h5-6,8-17,20-21H,3-4,7,18-19H2,1-2H3,(H,33,36,38)/b28-20+. The van der Waals surface area contributed by atoms with Gasteiger partial charge >= 0.3 is 6.03 Å². The Bertz CT molecular complexity index is 1550. The van der Waals surface area contributed by atoms with Crippen LogP contribution >= 0.6 is 0 Å². The second-order valence-electron chi connectivity index (χ2n) is 9.47. The molecule has 1 fully saturated rings. The molecule has 3 aromatic carbocycles. The van der Waals surface area contributed by atoms with Crippen LogP contribution in [0, 0.1) is 0 Å². The highest BCUT2D eigenvalue weighted by Crippen LogP contribution is 2.27. The third-order valence-corrected chi connectivity index (χ3v) is 6.97. The molecule has 1 aromatic heterocycles. The third kappa shape index (κ3) is 5.48. The summed E-state index contributed by atoms with van der Waals surface area (Å²) in [6, 6.07) is 22.4. The average Bonchev–Trinajstić information content (AvgIpc) is 3.31. The maximum absolute atomic E-state index is 13.4. The van der Waals surface area contributed by atoms with Crippen molar-refractivity contribution in [2.24, 2.45) is 0 Å². The Labute approximate surface area is 227 Å². The monoisotopic (exact) mass is 521 g/mol. The number of fused-ring (bicyclic) bond motifs is 1. The van der Waals surface area contributed by atoms with Crippen molar-refractivity contribution < 1.29 is 19.1 Å². The van der Waals surface area contributed by atoms with Crippen molar-refractivity contribution in [1.82, 2.24) is 9.88 Å². The molecule has 2 heterocycles. The van der Waals surface area contributed by atoms with Crippen LogP contribution in [0.25, 0.3) is 17.0 Å². The molecule has 0 unspecified atom stereocenters. The molecule has 0 saturated carbocycles. The first-order chi connectivity index (χ1) is 19.0. The van der Waals surface area contributed by atoms with Gasteiger partial charge in [0.05, 0.1) is 12.3 Å². The second-order valence-corrected chi connectivity index (χ2v) is 9.47. The smallest absolute Gasteiger partial charge is 0.335 e. The van der Waals surface area contributed by atoms with E-state index in [9.17, 15) is 14.4 Å². The number of carbonyl (C=O) groups excluding carboxylic acids is 3. The number of rotatable bonds is 9. The van der Waals surface area contributed by atoms with E-state index in [1.165, 1.54) is 5.56 Å². The van der Waals surface area contributed by atoms with E-state index >= 15 is 0 Å². The second kappa shape index (κ2) is 11.4. The van der Waals surface area contributed by atoms with Gasteiger partial charge in [0, 0.05) is 29.2 Å². The number of ether oxygens (including phenoxy) is 1. The predicted molar refractivity (Wildman–Crippen MR) is 153 cm³/mol. The van der Waals surface area contributed by atoms with Gasteiger partial charge in [-0.25, -0.2) is 9.69 Å². The fourth-order valence-corrected chi connectivity index (χ4v) is 4.75. The molecular weight excluding hydrogens is 490 g/mol. The van der Waals surface area contributed by atoms with Gasteiger partial charge in [0.25, 0.3) is 11.8 Å². The highest BCUT2D eigenvalue weighted by Gasteiger charge is 2.37. The molecule has 1 saturated heterocycles. The summed E-state index contributed by atoms with van der Waals surface area (Å²) >= 11 is 0. The Hall–Kier alpha value is -4.65. The number of carbonyl (C=O) groups is 3. The molecule has 0 atom stereocenters. The minimum Gasteiger partial charge on any atom is -0.494 e. The first kappa shape index (κ1) is 26.0. The SMILES string of the molecule is CCc1ccc(OCCCn2cc(/C=C3\C(=O)NC(=O)N(c4ccc(CC)cc4)C3=O)c3ccccc32)cc1. The fourth-order valence-electron chi connectivity index (χ4n) is 4.75. The summed E-state index contributed by atoms with van der Waals surface area (Å²) in [6.45, 7) is 5.41. The lowest BCUT2D eigenvalue weighted by molar-refractivity contribution is -0.122. The van der Waals surface area contributed by atoms with Gasteiger partial charge in [-0.1, -0.05) is 56.3 Å². The van der Waals surface area contributed by atoms with Gasteiger partial charge in [0.15, 0.2) is 0 Å². The normalized spacial score (nSPS) is 14.8. The molecular formula is C32H31N3O4. The number of urea groups is 1. The number of amides is 4. The zero-order valence-electron chi connectivity index (χ0n) is 22.1. The fraction of sp³-hybridized carbons (Fsp3) is 0.219. The zero-order chi connectivity index (χ0) is 27.4. The van der Waals surface area contributed by atoms with Crippen LogP contribution in [0.3, 0.4) is 0 Å². The molecule has 0 radical (unpaired) electrons. The van der Waals surface area contributed by atoms with Crippen LogP contribution in [0.2, 0.25) is 0 Å². The van der Waals surface area contributed by atoms with Crippen LogP contribution in [-0.4, -0.2) is 29.0 Å². The summed E-state index contributed by atoms with van der Waals surface area (Å²) in [4.78, 5) is 39.7. The van der Waals surface area contributed by atoms with E-state index in [2.05, 4.69) is 28.9 Å². The number of aromatic nitrogens is 1. The number of hydrogen-bond donors (Lipinski definition) is 1. The number of barbiturate groups is 1. The van der Waals surface area contributed by atoms with E-state index in [1.807, 2.05) is 61.7 Å². The van der Waals surface area contributed by atoms with Crippen molar-refractivity contribution in [3.63, 3.8) is 0 Å². The van der Waals surface area contributed by atoms with Crippen molar-refractivity contribution in [2.75, 3.05) is 11.5 Å². The van der Waals surface area contributed by atoms with Crippen LogP contribution in [0.4, 0.5) is 10.5 Å². The molecule has 1 aliphatic heterocycles. The maximum atomic E-state index is 13.4. The van der Waals surface area contributed by atoms with E-state index in [-0.39, 0.29) is 5.57 Å². The zero-order valence-corrected chi connectivity index (χ0v) is 22.1. The molecule has 0 bridgehead atoms. The van der Waals surface area contributed by atoms with E-state index in [0.717, 1.165) is 51.9 Å². The molecule has 198 valence electrons. The lowest BCUT2D eigenvalue weighted by atomic mass is 10.1. The summed E-state index contributed by atoms with van der Waals surface area (Å²) < 4.78 is 8.01. The lowest BCUT2D eigenvalue weighted by Gasteiger charge is -2.26. The van der Waals surface area contributed by atoms with Gasteiger partial charge in [-0.2, -0.15) is 0 Å². The summed E-state index contributed by atoms with van der Waals surface area (Å²) in [5.41, 5.74) is 4.41. The number of imide groups is 2. The topological polar surface area (TPSA) is 80.6 Å². The first-order valence-electron chi connectivity index (χ1n) is 13.3. The number of aryl methyl sites for hydroxylation is 3. The van der Waals surface area contributed by atoms with Crippen molar-refractivity contribution in [1.29, 1.82) is 0 Å². The quantitative estimate of drug-likeness (QED) is 0.169. The van der Waals surface area contributed by atoms with Crippen LogP contribution in [0.15, 0.2) is 84.6 Å². The Balaban J connectivity index is 1.36. The van der Waals surface area contributed by atoms with Crippen LogP contribution in [0.1, 0.15) is 37.0 Å². The van der Waals surface area contributed by atoms with E-state index in [1.54, 1.807) is 18.2 Å². The average molecular weight is 522 g/mol. The molecule has 7 heteroatoms. The third-order valence-electron chi connectivity index (χ3n) is 6.97. The van der Waals surface area contributed by atoms with Gasteiger partial charge < -0.3 is 9.30 Å². The van der Waals surface area contributed by atoms with Crippen molar-refractivity contribution in [2.45, 2.75) is 39.7 Å². The van der Waals surface area contributed by atoms with E-state index < -0.39 is 17.8 Å². The minimum atomic E-state index is -0.752. The van der Waals surface area contributed by atoms with Crippen LogP contribution < -0.4 is 15.0 Å². The molecule has 0 aliphatic carbocycles. The first-order valence-corrected chi connectivity index (χ1v) is 13.3. The number of benzene rings is 3. The Kier molecular flexibility index (Phi) is 7.59. The van der Waals surface area contributed by atoms with Gasteiger partial charge in [0.1, 0.15) is 11.3 Å². The van der Waals surface area contributed by atoms with Crippen LogP contribution in [0.5, 0.6) is 5.75 Å². The van der Waals surface area contributed by atoms with Crippen molar-refractivity contribution >= 4 is 40.5 Å².